The van der Waals surface area contributed by atoms with E-state index in [9.17, 15) is 4.79 Å². The molecule has 23 heavy (non-hydrogen) atoms. The Morgan fingerprint density at radius 1 is 1.13 bits per heavy atom. The number of halogens is 1. The van der Waals surface area contributed by atoms with Crippen molar-refractivity contribution >= 4 is 17.6 Å². The maximum Gasteiger partial charge on any atom is 0.313 e. The Morgan fingerprint density at radius 3 is 2.43 bits per heavy atom. The lowest BCUT2D eigenvalue weighted by molar-refractivity contribution is -0.147. The second-order valence-electron chi connectivity index (χ2n) is 5.29. The molecule has 4 nitrogen and oxygen atoms in total. The molecule has 1 aromatic carbocycles. The molecule has 0 amide bonds. The largest absolute Gasteiger partial charge is 0.463 e. The van der Waals surface area contributed by atoms with Crippen LogP contribution in [0.1, 0.15) is 38.7 Å². The molecule has 0 aromatic heterocycles. The number of esters is 1. The molecule has 0 aliphatic heterocycles. The summed E-state index contributed by atoms with van der Waals surface area (Å²) in [6, 6.07) is 7.41. The number of ether oxygens (including phenoxy) is 2. The molecule has 1 rings (SSSR count). The third-order valence-electron chi connectivity index (χ3n) is 3.89. The van der Waals surface area contributed by atoms with Crippen LogP contribution in [0.4, 0.5) is 0 Å². The Morgan fingerprint density at radius 2 is 1.83 bits per heavy atom. The summed E-state index contributed by atoms with van der Waals surface area (Å²) in [5.41, 5.74) is 0.823. The molecule has 0 saturated heterocycles. The van der Waals surface area contributed by atoms with Gasteiger partial charge in [0.25, 0.3) is 0 Å². The number of hydrogen-bond donors (Lipinski definition) is 0. The van der Waals surface area contributed by atoms with Crippen molar-refractivity contribution in [2.24, 2.45) is 0 Å². The summed E-state index contributed by atoms with van der Waals surface area (Å²) >= 11 is 6.16. The molecule has 0 fully saturated rings. The number of likely N-dealkylation sites (N-methyl/N-ethyl adjacent to an activating group) is 1. The summed E-state index contributed by atoms with van der Waals surface area (Å²) in [6.07, 6.45) is 0.658. The van der Waals surface area contributed by atoms with E-state index in [2.05, 4.69) is 18.7 Å². The van der Waals surface area contributed by atoms with Crippen LogP contribution in [0.25, 0.3) is 0 Å². The van der Waals surface area contributed by atoms with Gasteiger partial charge in [-0.05, 0) is 31.1 Å². The van der Waals surface area contributed by atoms with Gasteiger partial charge in [0.05, 0.1) is 19.1 Å². The SMILES string of the molecule is CCC(C(=O)OCCOCCN(CC)CC)c1ccccc1Cl. The van der Waals surface area contributed by atoms with Gasteiger partial charge >= 0.3 is 5.97 Å². The topological polar surface area (TPSA) is 38.8 Å². The van der Waals surface area contributed by atoms with Crippen LogP contribution in [0.3, 0.4) is 0 Å². The van der Waals surface area contributed by atoms with Crippen LogP contribution >= 0.6 is 11.6 Å². The Kier molecular flexibility index (Phi) is 9.92. The van der Waals surface area contributed by atoms with Crippen LogP contribution in [-0.2, 0) is 14.3 Å². The van der Waals surface area contributed by atoms with Crippen molar-refractivity contribution in [3.8, 4) is 0 Å². The van der Waals surface area contributed by atoms with Crippen molar-refractivity contribution in [2.45, 2.75) is 33.1 Å². The van der Waals surface area contributed by atoms with Gasteiger partial charge in [0.2, 0.25) is 0 Å². The van der Waals surface area contributed by atoms with Gasteiger partial charge in [-0.3, -0.25) is 4.79 Å². The van der Waals surface area contributed by atoms with E-state index in [1.807, 2.05) is 25.1 Å². The minimum Gasteiger partial charge on any atom is -0.463 e. The Balaban J connectivity index is 2.31. The molecule has 0 heterocycles. The van der Waals surface area contributed by atoms with E-state index in [-0.39, 0.29) is 18.5 Å². The van der Waals surface area contributed by atoms with Crippen molar-refractivity contribution in [1.29, 1.82) is 0 Å². The molecule has 1 aromatic rings. The van der Waals surface area contributed by atoms with E-state index < -0.39 is 0 Å². The van der Waals surface area contributed by atoms with E-state index >= 15 is 0 Å². The van der Waals surface area contributed by atoms with Crippen molar-refractivity contribution in [2.75, 3.05) is 39.5 Å². The van der Waals surface area contributed by atoms with Gasteiger partial charge in [-0.2, -0.15) is 0 Å². The van der Waals surface area contributed by atoms with Gasteiger partial charge in [-0.15, -0.1) is 0 Å². The third kappa shape index (κ3) is 6.90. The predicted octanol–water partition coefficient (Wildman–Crippen LogP) is 3.74. The van der Waals surface area contributed by atoms with Crippen LogP contribution in [-0.4, -0.2) is 50.3 Å². The number of rotatable bonds is 11. The first-order valence-corrected chi connectivity index (χ1v) is 8.72. The minimum absolute atomic E-state index is 0.243. The number of nitrogens with zero attached hydrogens (tertiary/aromatic N) is 1. The molecular weight excluding hydrogens is 314 g/mol. The maximum absolute atomic E-state index is 12.2. The lowest BCUT2D eigenvalue weighted by atomic mass is 9.97. The van der Waals surface area contributed by atoms with Crippen LogP contribution in [0.5, 0.6) is 0 Å². The highest BCUT2D eigenvalue weighted by Gasteiger charge is 2.22. The van der Waals surface area contributed by atoms with E-state index in [0.717, 1.165) is 25.2 Å². The molecule has 0 saturated carbocycles. The van der Waals surface area contributed by atoms with Crippen LogP contribution in [0, 0.1) is 0 Å². The minimum atomic E-state index is -0.320. The van der Waals surface area contributed by atoms with Gasteiger partial charge in [-0.1, -0.05) is 50.6 Å². The molecular formula is C18H28ClNO3. The number of carbonyl (C=O) groups is 1. The molecule has 0 aliphatic rings. The molecule has 5 heteroatoms. The zero-order valence-electron chi connectivity index (χ0n) is 14.4. The quantitative estimate of drug-likeness (QED) is 0.454. The number of carbonyl (C=O) groups excluding carboxylic acids is 1. The van der Waals surface area contributed by atoms with Crippen LogP contribution in [0.2, 0.25) is 5.02 Å². The Labute approximate surface area is 144 Å². The zero-order valence-corrected chi connectivity index (χ0v) is 15.1. The average molecular weight is 342 g/mol. The maximum atomic E-state index is 12.2. The van der Waals surface area contributed by atoms with E-state index in [4.69, 9.17) is 21.1 Å². The molecule has 0 radical (unpaired) electrons. The van der Waals surface area contributed by atoms with Crippen molar-refractivity contribution in [1.82, 2.24) is 4.90 Å². The van der Waals surface area contributed by atoms with Gasteiger partial charge in [-0.25, -0.2) is 0 Å². The van der Waals surface area contributed by atoms with E-state index in [0.29, 0.717) is 24.7 Å². The summed E-state index contributed by atoms with van der Waals surface area (Å²) in [5.74, 6) is -0.563. The standard InChI is InChI=1S/C18H28ClNO3/c1-4-15(16-9-7-8-10-17(16)19)18(21)23-14-13-22-12-11-20(5-2)6-3/h7-10,15H,4-6,11-14H2,1-3H3. The Hall–Kier alpha value is -1.10. The van der Waals surface area contributed by atoms with Crippen molar-refractivity contribution < 1.29 is 14.3 Å². The summed E-state index contributed by atoms with van der Waals surface area (Å²) in [4.78, 5) is 14.5. The average Bonchev–Trinajstić information content (AvgIpc) is 2.56. The van der Waals surface area contributed by atoms with Crippen molar-refractivity contribution in [3.63, 3.8) is 0 Å². The molecule has 0 aliphatic carbocycles. The van der Waals surface area contributed by atoms with Crippen molar-refractivity contribution in [3.05, 3.63) is 34.9 Å². The van der Waals surface area contributed by atoms with Gasteiger partial charge in [0.1, 0.15) is 6.61 Å². The number of benzene rings is 1. The monoisotopic (exact) mass is 341 g/mol. The molecule has 1 atom stereocenters. The fraction of sp³-hybridized carbons (Fsp3) is 0.611. The first-order valence-electron chi connectivity index (χ1n) is 8.35. The second-order valence-corrected chi connectivity index (χ2v) is 5.70. The molecule has 0 spiro atoms. The van der Waals surface area contributed by atoms with Crippen LogP contribution in [0.15, 0.2) is 24.3 Å². The summed E-state index contributed by atoms with van der Waals surface area (Å²) in [5, 5.41) is 0.603. The molecule has 0 bridgehead atoms. The normalized spacial score (nSPS) is 12.4. The smallest absolute Gasteiger partial charge is 0.313 e. The highest BCUT2D eigenvalue weighted by Crippen LogP contribution is 2.27. The fourth-order valence-electron chi connectivity index (χ4n) is 2.41. The summed E-state index contributed by atoms with van der Waals surface area (Å²) in [7, 11) is 0. The lowest BCUT2D eigenvalue weighted by Crippen LogP contribution is -2.27. The second kappa shape index (κ2) is 11.4. The fourth-order valence-corrected chi connectivity index (χ4v) is 2.68. The first kappa shape index (κ1) is 19.9. The first-order chi connectivity index (χ1) is 11.1. The highest BCUT2D eigenvalue weighted by molar-refractivity contribution is 6.31. The zero-order chi connectivity index (χ0) is 17.1. The summed E-state index contributed by atoms with van der Waals surface area (Å²) in [6.45, 7) is 10.5. The third-order valence-corrected chi connectivity index (χ3v) is 4.24. The van der Waals surface area contributed by atoms with E-state index in [1.165, 1.54) is 0 Å². The van der Waals surface area contributed by atoms with Gasteiger partial charge in [0, 0.05) is 11.6 Å². The molecule has 0 N–H and O–H groups in total. The predicted molar refractivity (Wildman–Crippen MR) is 94.1 cm³/mol. The van der Waals surface area contributed by atoms with Crippen LogP contribution < -0.4 is 0 Å². The van der Waals surface area contributed by atoms with Gasteiger partial charge in [0.15, 0.2) is 0 Å². The lowest BCUT2D eigenvalue weighted by Gasteiger charge is -2.18. The molecule has 130 valence electrons. The molecule has 1 unspecified atom stereocenters. The number of hydrogen-bond acceptors (Lipinski definition) is 4. The summed E-state index contributed by atoms with van der Waals surface area (Å²) < 4.78 is 10.8. The Bertz CT molecular complexity index is 463. The highest BCUT2D eigenvalue weighted by atomic mass is 35.5. The van der Waals surface area contributed by atoms with Gasteiger partial charge < -0.3 is 14.4 Å². The van der Waals surface area contributed by atoms with E-state index in [1.54, 1.807) is 6.07 Å².